The van der Waals surface area contributed by atoms with Gasteiger partial charge in [0.15, 0.2) is 0 Å². The van der Waals surface area contributed by atoms with Gasteiger partial charge in [0.1, 0.15) is 5.75 Å². The fourth-order valence-corrected chi connectivity index (χ4v) is 3.16. The second kappa shape index (κ2) is 7.11. The van der Waals surface area contributed by atoms with Gasteiger partial charge >= 0.3 is 0 Å². The van der Waals surface area contributed by atoms with Crippen molar-refractivity contribution in [3.63, 3.8) is 0 Å². The summed E-state index contributed by atoms with van der Waals surface area (Å²) in [5, 5.41) is 10.6. The molecule has 1 atom stereocenters. The van der Waals surface area contributed by atoms with Gasteiger partial charge in [0.05, 0.1) is 13.2 Å². The van der Waals surface area contributed by atoms with Crippen LogP contribution in [0.1, 0.15) is 29.7 Å². The van der Waals surface area contributed by atoms with Crippen LogP contribution in [-0.4, -0.2) is 60.6 Å². The van der Waals surface area contributed by atoms with E-state index >= 15 is 0 Å². The smallest absolute Gasteiger partial charge is 0.219 e. The molecule has 1 N–H and O–H groups in total. The van der Waals surface area contributed by atoms with E-state index in [1.54, 1.807) is 14.0 Å². The van der Waals surface area contributed by atoms with Crippen molar-refractivity contribution in [2.75, 3.05) is 39.8 Å². The molecule has 0 radical (unpaired) electrons. The number of carbonyl (C=O) groups is 1. The highest BCUT2D eigenvalue weighted by Crippen LogP contribution is 2.27. The van der Waals surface area contributed by atoms with Crippen LogP contribution < -0.4 is 4.74 Å². The van der Waals surface area contributed by atoms with E-state index in [-0.39, 0.29) is 5.91 Å². The number of amides is 1. The molecule has 0 aliphatic carbocycles. The number of hydrogen-bond donors (Lipinski definition) is 1. The maximum atomic E-state index is 11.3. The first-order chi connectivity index (χ1) is 10.4. The second-order valence-electron chi connectivity index (χ2n) is 6.00. The number of aliphatic hydroxyl groups is 1. The molecule has 1 heterocycles. The average Bonchev–Trinajstić information content (AvgIpc) is 2.46. The normalized spacial score (nSPS) is 17.4. The lowest BCUT2D eigenvalue weighted by molar-refractivity contribution is -0.130. The van der Waals surface area contributed by atoms with E-state index in [0.29, 0.717) is 6.54 Å². The summed E-state index contributed by atoms with van der Waals surface area (Å²) in [4.78, 5) is 15.4. The van der Waals surface area contributed by atoms with Crippen molar-refractivity contribution in [3.05, 3.63) is 28.8 Å². The summed E-state index contributed by atoms with van der Waals surface area (Å²) in [6, 6.07) is 3.92. The number of hydrogen-bond acceptors (Lipinski definition) is 4. The molecule has 5 heteroatoms. The molecule has 5 nitrogen and oxygen atoms in total. The summed E-state index contributed by atoms with van der Waals surface area (Å²) < 4.78 is 5.27. The highest BCUT2D eigenvalue weighted by Gasteiger charge is 2.22. The van der Waals surface area contributed by atoms with Gasteiger partial charge in [-0.2, -0.15) is 0 Å². The molecule has 0 aromatic heterocycles. The molecule has 0 spiro atoms. The number of carbonyl (C=O) groups excluding carboxylic acids is 1. The van der Waals surface area contributed by atoms with Gasteiger partial charge in [0, 0.05) is 39.6 Å². The maximum Gasteiger partial charge on any atom is 0.219 e. The zero-order chi connectivity index (χ0) is 16.3. The van der Waals surface area contributed by atoms with Crippen LogP contribution in [0.15, 0.2) is 12.1 Å². The Labute approximate surface area is 132 Å². The van der Waals surface area contributed by atoms with E-state index in [0.717, 1.165) is 48.6 Å². The van der Waals surface area contributed by atoms with Crippen LogP contribution in [0.4, 0.5) is 0 Å². The lowest BCUT2D eigenvalue weighted by atomic mass is 9.97. The van der Waals surface area contributed by atoms with Crippen molar-refractivity contribution < 1.29 is 14.6 Å². The van der Waals surface area contributed by atoms with Gasteiger partial charge in [-0.05, 0) is 42.7 Å². The zero-order valence-corrected chi connectivity index (χ0v) is 13.9. The van der Waals surface area contributed by atoms with Crippen LogP contribution in [0.3, 0.4) is 0 Å². The standard InChI is InChI=1S/C17H26N2O3/c1-12-9-15(22-4)10-13(2)17(12)16(21)11-18-5-7-19(8-6-18)14(3)20/h9-10,16,21H,5-8,11H2,1-4H3. The summed E-state index contributed by atoms with van der Waals surface area (Å²) in [5.74, 6) is 0.947. The largest absolute Gasteiger partial charge is 0.497 e. The van der Waals surface area contributed by atoms with Gasteiger partial charge in [-0.15, -0.1) is 0 Å². The van der Waals surface area contributed by atoms with Crippen LogP contribution in [0.2, 0.25) is 0 Å². The van der Waals surface area contributed by atoms with Crippen LogP contribution in [0, 0.1) is 13.8 Å². The average molecular weight is 306 g/mol. The van der Waals surface area contributed by atoms with Crippen molar-refractivity contribution in [2.45, 2.75) is 26.9 Å². The summed E-state index contributed by atoms with van der Waals surface area (Å²) in [5.41, 5.74) is 3.08. The van der Waals surface area contributed by atoms with Gasteiger partial charge in [0.2, 0.25) is 5.91 Å². The van der Waals surface area contributed by atoms with Crippen molar-refractivity contribution in [3.8, 4) is 5.75 Å². The molecule has 1 amide bonds. The molecule has 0 saturated carbocycles. The molecule has 1 aliphatic heterocycles. The molecule has 1 saturated heterocycles. The predicted molar refractivity (Wildman–Crippen MR) is 86.1 cm³/mol. The van der Waals surface area contributed by atoms with Crippen LogP contribution in [0.25, 0.3) is 0 Å². The molecule has 1 fully saturated rings. The van der Waals surface area contributed by atoms with E-state index in [4.69, 9.17) is 4.74 Å². The summed E-state index contributed by atoms with van der Waals surface area (Å²) >= 11 is 0. The fraction of sp³-hybridized carbons (Fsp3) is 0.588. The van der Waals surface area contributed by atoms with Crippen molar-refractivity contribution in [1.29, 1.82) is 0 Å². The first-order valence-electron chi connectivity index (χ1n) is 7.73. The number of aryl methyl sites for hydroxylation is 2. The number of methoxy groups -OCH3 is 1. The highest BCUT2D eigenvalue weighted by atomic mass is 16.5. The molecule has 122 valence electrons. The van der Waals surface area contributed by atoms with Gasteiger partial charge in [-0.3, -0.25) is 9.69 Å². The van der Waals surface area contributed by atoms with E-state index in [9.17, 15) is 9.90 Å². The van der Waals surface area contributed by atoms with Gasteiger partial charge in [-0.1, -0.05) is 0 Å². The molecular formula is C17H26N2O3. The topological polar surface area (TPSA) is 53.0 Å². The van der Waals surface area contributed by atoms with Crippen molar-refractivity contribution >= 4 is 5.91 Å². The minimum absolute atomic E-state index is 0.127. The van der Waals surface area contributed by atoms with Crippen molar-refractivity contribution in [1.82, 2.24) is 9.80 Å². The number of β-amino-alcohol motifs (C(OH)–C–C–N with tert-alkyl or cyclic N) is 1. The molecule has 1 unspecified atom stereocenters. The second-order valence-corrected chi connectivity index (χ2v) is 6.00. The first kappa shape index (κ1) is 16.8. The molecule has 2 rings (SSSR count). The Morgan fingerprint density at radius 2 is 1.77 bits per heavy atom. The van der Waals surface area contributed by atoms with E-state index in [1.807, 2.05) is 30.9 Å². The van der Waals surface area contributed by atoms with Crippen LogP contribution in [0.5, 0.6) is 5.75 Å². The number of rotatable bonds is 4. The number of benzene rings is 1. The summed E-state index contributed by atoms with van der Waals surface area (Å²) in [6.45, 7) is 9.30. The SMILES string of the molecule is COc1cc(C)c(C(O)CN2CCN(C(C)=O)CC2)c(C)c1. The molecule has 1 aliphatic rings. The third-order valence-corrected chi connectivity index (χ3v) is 4.38. The fourth-order valence-electron chi connectivity index (χ4n) is 3.16. The predicted octanol–water partition coefficient (Wildman–Crippen LogP) is 1.51. The summed E-state index contributed by atoms with van der Waals surface area (Å²) in [6.07, 6.45) is -0.519. The molecule has 1 aromatic carbocycles. The zero-order valence-electron chi connectivity index (χ0n) is 13.9. The van der Waals surface area contributed by atoms with Crippen LogP contribution in [-0.2, 0) is 4.79 Å². The quantitative estimate of drug-likeness (QED) is 0.916. The minimum atomic E-state index is -0.519. The lowest BCUT2D eigenvalue weighted by Crippen LogP contribution is -2.49. The maximum absolute atomic E-state index is 11.3. The van der Waals surface area contributed by atoms with Gasteiger partial charge in [0.25, 0.3) is 0 Å². The Kier molecular flexibility index (Phi) is 5.42. The monoisotopic (exact) mass is 306 g/mol. The number of piperazine rings is 1. The Morgan fingerprint density at radius 3 is 2.23 bits per heavy atom. The number of nitrogens with zero attached hydrogens (tertiary/aromatic N) is 2. The van der Waals surface area contributed by atoms with Gasteiger partial charge < -0.3 is 14.7 Å². The Morgan fingerprint density at radius 1 is 1.23 bits per heavy atom. The van der Waals surface area contributed by atoms with Gasteiger partial charge in [-0.25, -0.2) is 0 Å². The van der Waals surface area contributed by atoms with E-state index in [2.05, 4.69) is 4.90 Å². The first-order valence-corrected chi connectivity index (χ1v) is 7.73. The van der Waals surface area contributed by atoms with E-state index < -0.39 is 6.10 Å². The minimum Gasteiger partial charge on any atom is -0.497 e. The lowest BCUT2D eigenvalue weighted by Gasteiger charge is -2.35. The van der Waals surface area contributed by atoms with Crippen LogP contribution >= 0.6 is 0 Å². The Hall–Kier alpha value is -1.59. The van der Waals surface area contributed by atoms with Crippen molar-refractivity contribution in [2.24, 2.45) is 0 Å². The molecule has 1 aromatic rings. The molecule has 0 bridgehead atoms. The Bertz CT molecular complexity index is 514. The molecule has 22 heavy (non-hydrogen) atoms. The number of ether oxygens (including phenoxy) is 1. The van der Waals surface area contributed by atoms with E-state index in [1.165, 1.54) is 0 Å². The Balaban J connectivity index is 2.01. The molecular weight excluding hydrogens is 280 g/mol. The number of aliphatic hydroxyl groups excluding tert-OH is 1. The summed E-state index contributed by atoms with van der Waals surface area (Å²) in [7, 11) is 1.65. The third-order valence-electron chi connectivity index (χ3n) is 4.38. The third kappa shape index (κ3) is 3.78. The highest BCUT2D eigenvalue weighted by molar-refractivity contribution is 5.73.